The number of thiazole rings is 1. The van der Waals surface area contributed by atoms with Gasteiger partial charge in [-0.25, -0.2) is 9.67 Å². The van der Waals surface area contributed by atoms with Gasteiger partial charge >= 0.3 is 0 Å². The van der Waals surface area contributed by atoms with Crippen molar-refractivity contribution in [3.63, 3.8) is 0 Å². The third kappa shape index (κ3) is 3.81. The van der Waals surface area contributed by atoms with Crippen LogP contribution >= 0.6 is 11.3 Å². The molecule has 0 N–H and O–H groups in total. The lowest BCUT2D eigenvalue weighted by Crippen LogP contribution is -2.20. The van der Waals surface area contributed by atoms with Gasteiger partial charge in [-0.2, -0.15) is 5.10 Å². The molecule has 3 heterocycles. The minimum atomic E-state index is 0.00145. The summed E-state index contributed by atoms with van der Waals surface area (Å²) in [5.74, 6) is 0. The maximum atomic E-state index is 6.07. The van der Waals surface area contributed by atoms with Crippen molar-refractivity contribution in [2.45, 2.75) is 58.6 Å². The molecule has 5 rings (SSSR count). The first-order valence-electron chi connectivity index (χ1n) is 11.1. The topological polar surface area (TPSA) is 39.9 Å². The summed E-state index contributed by atoms with van der Waals surface area (Å²) in [5.41, 5.74) is 7.09. The summed E-state index contributed by atoms with van der Waals surface area (Å²) in [6, 6.07) is 15.2. The Balaban J connectivity index is 1.72. The number of aryl methyl sites for hydroxylation is 1. The van der Waals surface area contributed by atoms with Gasteiger partial charge in [0.15, 0.2) is 6.23 Å². The Morgan fingerprint density at radius 1 is 1.06 bits per heavy atom. The fraction of sp³-hybridized carbons (Fsp3) is 0.385. The van der Waals surface area contributed by atoms with Crippen LogP contribution in [-0.4, -0.2) is 21.4 Å². The Hall–Kier alpha value is -2.50. The Bertz CT molecular complexity index is 1230. The highest BCUT2D eigenvalue weighted by Gasteiger charge is 2.24. The number of rotatable bonds is 3. The Morgan fingerprint density at radius 2 is 1.90 bits per heavy atom. The predicted octanol–water partition coefficient (Wildman–Crippen LogP) is 7.13. The third-order valence-electron chi connectivity index (χ3n) is 6.11. The second kappa shape index (κ2) is 7.88. The van der Waals surface area contributed by atoms with Crippen LogP contribution in [0.15, 0.2) is 48.7 Å². The number of nitrogens with zero attached hydrogens (tertiary/aromatic N) is 3. The first-order valence-corrected chi connectivity index (χ1v) is 11.9. The molecule has 0 amide bonds. The third-order valence-corrected chi connectivity index (χ3v) is 7.15. The largest absolute Gasteiger partial charge is 0.356 e. The molecule has 160 valence electrons. The molecule has 0 bridgehead atoms. The van der Waals surface area contributed by atoms with Crippen molar-refractivity contribution in [2.75, 3.05) is 6.61 Å². The van der Waals surface area contributed by atoms with Crippen LogP contribution in [0.1, 0.15) is 57.4 Å². The van der Waals surface area contributed by atoms with Gasteiger partial charge in [0.25, 0.3) is 0 Å². The molecule has 1 aliphatic rings. The molecule has 0 spiro atoms. The number of aromatic nitrogens is 3. The Morgan fingerprint density at radius 3 is 2.65 bits per heavy atom. The van der Waals surface area contributed by atoms with E-state index in [4.69, 9.17) is 9.72 Å². The summed E-state index contributed by atoms with van der Waals surface area (Å²) in [6.45, 7) is 9.75. The zero-order valence-electron chi connectivity index (χ0n) is 18.7. The summed E-state index contributed by atoms with van der Waals surface area (Å²) >= 11 is 1.78. The fourth-order valence-electron chi connectivity index (χ4n) is 4.26. The average molecular weight is 432 g/mol. The van der Waals surface area contributed by atoms with Crippen molar-refractivity contribution in [3.05, 3.63) is 59.8 Å². The van der Waals surface area contributed by atoms with Crippen LogP contribution in [0.4, 0.5) is 0 Å². The lowest BCUT2D eigenvalue weighted by atomic mass is 9.85. The van der Waals surface area contributed by atoms with Gasteiger partial charge < -0.3 is 4.74 Å². The molecule has 1 fully saturated rings. The summed E-state index contributed by atoms with van der Waals surface area (Å²) < 4.78 is 9.35. The van der Waals surface area contributed by atoms with E-state index in [1.54, 1.807) is 11.3 Å². The Labute approximate surface area is 187 Å². The second-order valence-electron chi connectivity index (χ2n) is 9.44. The summed E-state index contributed by atoms with van der Waals surface area (Å²) in [4.78, 5) is 5.15. The zero-order chi connectivity index (χ0) is 21.6. The molecule has 1 unspecified atom stereocenters. The van der Waals surface area contributed by atoms with Crippen LogP contribution in [0.25, 0.3) is 32.0 Å². The molecule has 1 saturated heterocycles. The first kappa shape index (κ1) is 20.4. The molecule has 2 aromatic heterocycles. The van der Waals surface area contributed by atoms with Crippen molar-refractivity contribution >= 4 is 21.6 Å². The standard InChI is InChI=1S/C26H29N3OS/c1-17-9-5-6-10-19(17)25-28-24-20(15-18(26(2,3)4)16-22(24)31-25)21-12-13-27-29(21)23-11-7-8-14-30-23/h5-6,9-10,12-13,15-16,23H,7-8,11,14H2,1-4H3. The molecule has 4 aromatic rings. The number of benzene rings is 2. The summed E-state index contributed by atoms with van der Waals surface area (Å²) in [6.07, 6.45) is 5.19. The second-order valence-corrected chi connectivity index (χ2v) is 10.5. The van der Waals surface area contributed by atoms with Crippen LogP contribution in [0, 0.1) is 6.92 Å². The SMILES string of the molecule is Cc1ccccc1-c1nc2c(-c3ccnn3C3CCCCO3)cc(C(C)(C)C)cc2s1. The van der Waals surface area contributed by atoms with E-state index in [1.807, 2.05) is 6.20 Å². The van der Waals surface area contributed by atoms with E-state index < -0.39 is 0 Å². The van der Waals surface area contributed by atoms with Crippen molar-refractivity contribution < 1.29 is 4.74 Å². The van der Waals surface area contributed by atoms with Crippen LogP contribution < -0.4 is 0 Å². The lowest BCUT2D eigenvalue weighted by Gasteiger charge is -2.25. The van der Waals surface area contributed by atoms with Gasteiger partial charge in [-0.3, -0.25) is 0 Å². The van der Waals surface area contributed by atoms with Crippen LogP contribution in [0.2, 0.25) is 0 Å². The van der Waals surface area contributed by atoms with Crippen LogP contribution in [0.3, 0.4) is 0 Å². The maximum absolute atomic E-state index is 6.07. The molecule has 4 nitrogen and oxygen atoms in total. The van der Waals surface area contributed by atoms with E-state index in [9.17, 15) is 0 Å². The quantitative estimate of drug-likeness (QED) is 0.346. The van der Waals surface area contributed by atoms with Crippen molar-refractivity contribution in [3.8, 4) is 21.8 Å². The first-order chi connectivity index (χ1) is 14.9. The average Bonchev–Trinajstić information content (AvgIpc) is 3.40. The molecule has 31 heavy (non-hydrogen) atoms. The van der Waals surface area contributed by atoms with E-state index in [-0.39, 0.29) is 11.6 Å². The fourth-order valence-corrected chi connectivity index (χ4v) is 5.38. The molecule has 1 atom stereocenters. The van der Waals surface area contributed by atoms with Gasteiger partial charge in [0.2, 0.25) is 0 Å². The molecule has 0 radical (unpaired) electrons. The van der Waals surface area contributed by atoms with Gasteiger partial charge in [-0.05, 0) is 60.9 Å². The van der Waals surface area contributed by atoms with Crippen LogP contribution in [0.5, 0.6) is 0 Å². The van der Waals surface area contributed by atoms with Crippen molar-refractivity contribution in [2.24, 2.45) is 0 Å². The number of hydrogen-bond donors (Lipinski definition) is 0. The van der Waals surface area contributed by atoms with E-state index in [2.05, 4.69) is 79.9 Å². The molecular formula is C26H29N3OS. The Kier molecular flexibility index (Phi) is 5.19. The van der Waals surface area contributed by atoms with E-state index in [1.165, 1.54) is 27.8 Å². The van der Waals surface area contributed by atoms with Crippen LogP contribution in [-0.2, 0) is 10.2 Å². The van der Waals surface area contributed by atoms with Gasteiger partial charge in [-0.1, -0.05) is 45.0 Å². The highest BCUT2D eigenvalue weighted by atomic mass is 32.1. The van der Waals surface area contributed by atoms with Gasteiger partial charge in [0.05, 0.1) is 15.9 Å². The zero-order valence-corrected chi connectivity index (χ0v) is 19.5. The summed E-state index contributed by atoms with van der Waals surface area (Å²) in [5, 5.41) is 5.73. The maximum Gasteiger partial charge on any atom is 0.150 e. The van der Waals surface area contributed by atoms with Gasteiger partial charge in [-0.15, -0.1) is 11.3 Å². The normalized spacial score (nSPS) is 17.4. The monoisotopic (exact) mass is 431 g/mol. The van der Waals surface area contributed by atoms with Crippen molar-refractivity contribution in [1.82, 2.24) is 14.8 Å². The minimum absolute atomic E-state index is 0.00145. The van der Waals surface area contributed by atoms with E-state index in [0.717, 1.165) is 41.2 Å². The molecular weight excluding hydrogens is 402 g/mol. The molecule has 0 aliphatic carbocycles. The minimum Gasteiger partial charge on any atom is -0.356 e. The number of ether oxygens (including phenoxy) is 1. The highest BCUT2D eigenvalue weighted by Crippen LogP contribution is 2.41. The number of hydrogen-bond acceptors (Lipinski definition) is 4. The molecule has 2 aromatic carbocycles. The molecule has 0 saturated carbocycles. The molecule has 5 heteroatoms. The molecule has 1 aliphatic heterocycles. The summed E-state index contributed by atoms with van der Waals surface area (Å²) in [7, 11) is 0. The van der Waals surface area contributed by atoms with E-state index >= 15 is 0 Å². The van der Waals surface area contributed by atoms with Crippen molar-refractivity contribution in [1.29, 1.82) is 0 Å². The number of fused-ring (bicyclic) bond motifs is 1. The van der Waals surface area contributed by atoms with E-state index in [0.29, 0.717) is 0 Å². The highest BCUT2D eigenvalue weighted by molar-refractivity contribution is 7.21. The van der Waals surface area contributed by atoms with Gasteiger partial charge in [0.1, 0.15) is 5.01 Å². The smallest absolute Gasteiger partial charge is 0.150 e. The lowest BCUT2D eigenvalue weighted by molar-refractivity contribution is -0.0383. The predicted molar refractivity (Wildman–Crippen MR) is 129 cm³/mol. The van der Waals surface area contributed by atoms with Gasteiger partial charge in [0, 0.05) is 23.9 Å².